The first-order valence-corrected chi connectivity index (χ1v) is 30.7. The van der Waals surface area contributed by atoms with Crippen molar-refractivity contribution < 1.29 is 28.6 Å². The molecule has 0 saturated carbocycles. The lowest BCUT2D eigenvalue weighted by Crippen LogP contribution is -2.30. The summed E-state index contributed by atoms with van der Waals surface area (Å²) in [5, 5.41) is 0. The Kier molecular flexibility index (Phi) is 58.4. The smallest absolute Gasteiger partial charge is 0.306 e. The van der Waals surface area contributed by atoms with Gasteiger partial charge in [-0.05, 0) is 128 Å². The van der Waals surface area contributed by atoms with E-state index in [9.17, 15) is 14.4 Å². The summed E-state index contributed by atoms with van der Waals surface area (Å²) in [6.45, 7) is 6.40. The Morgan fingerprint density at radius 1 is 0.280 bits per heavy atom. The summed E-state index contributed by atoms with van der Waals surface area (Å²) in [7, 11) is 0. The minimum atomic E-state index is -0.824. The van der Waals surface area contributed by atoms with Crippen molar-refractivity contribution in [2.45, 2.75) is 271 Å². The van der Waals surface area contributed by atoms with Crippen LogP contribution in [0.2, 0.25) is 0 Å². The van der Waals surface area contributed by atoms with Crippen molar-refractivity contribution in [3.8, 4) is 0 Å². The van der Waals surface area contributed by atoms with Crippen molar-refractivity contribution in [1.29, 1.82) is 0 Å². The fourth-order valence-electron chi connectivity index (χ4n) is 8.03. The molecule has 6 heteroatoms. The van der Waals surface area contributed by atoms with Gasteiger partial charge in [-0.3, -0.25) is 14.4 Å². The number of hydrogen-bond acceptors (Lipinski definition) is 6. The van der Waals surface area contributed by atoms with E-state index in [1.807, 2.05) is 6.08 Å². The van der Waals surface area contributed by atoms with Crippen molar-refractivity contribution in [2.75, 3.05) is 13.2 Å². The van der Waals surface area contributed by atoms with Gasteiger partial charge >= 0.3 is 17.9 Å². The monoisotopic (exact) mass is 1040 g/mol. The molecule has 0 aromatic heterocycles. The molecular formula is C69H112O6. The molecule has 1 unspecified atom stereocenters. The molecule has 75 heavy (non-hydrogen) atoms. The summed E-state index contributed by atoms with van der Waals surface area (Å²) < 4.78 is 16.8. The maximum atomic E-state index is 12.9. The second kappa shape index (κ2) is 62.1. The number of rotatable bonds is 54. The van der Waals surface area contributed by atoms with Crippen LogP contribution in [0.15, 0.2) is 134 Å². The van der Waals surface area contributed by atoms with Crippen LogP contribution in [0.5, 0.6) is 0 Å². The molecular weight excluding hydrogens is 925 g/mol. The summed E-state index contributed by atoms with van der Waals surface area (Å²) in [6, 6.07) is 0. The number of carbonyl (C=O) groups is 3. The van der Waals surface area contributed by atoms with Gasteiger partial charge in [-0.15, -0.1) is 0 Å². The van der Waals surface area contributed by atoms with Crippen LogP contribution >= 0.6 is 0 Å². The highest BCUT2D eigenvalue weighted by Gasteiger charge is 2.19. The predicted octanol–water partition coefficient (Wildman–Crippen LogP) is 21.0. The van der Waals surface area contributed by atoms with Crippen LogP contribution in [-0.4, -0.2) is 37.2 Å². The highest BCUT2D eigenvalue weighted by atomic mass is 16.6. The van der Waals surface area contributed by atoms with Crippen LogP contribution in [0.25, 0.3) is 0 Å². The van der Waals surface area contributed by atoms with Gasteiger partial charge in [-0.2, -0.15) is 0 Å². The standard InChI is InChI=1S/C69H112O6/c1-4-7-10-13-16-19-22-25-28-31-34-37-40-43-46-49-52-55-58-61-67(70)73-64-66(75-69(72)63-60-57-54-51-48-45-42-39-36-33-30-27-24-21-18-15-12-9-6-3)65-74-68(71)62-59-56-53-50-47-44-41-38-35-32-29-26-23-20-17-14-11-8-5-2/h7,10,16-21,25-30,34,36-37,39,43,46,52,55,66H,4-6,8-9,11-15,22-24,31-33,35,38,40-42,44-45,47-51,53-54,56-65H2,1-3H3/b10-7-,19-16-,20-17-,21-18-,28-25-,29-26-,30-27-,37-34-,39-36-,46-43-,55-52-. The van der Waals surface area contributed by atoms with Gasteiger partial charge in [0.15, 0.2) is 6.10 Å². The summed E-state index contributed by atoms with van der Waals surface area (Å²) in [5.41, 5.74) is 0. The summed E-state index contributed by atoms with van der Waals surface area (Å²) in [4.78, 5) is 38.3. The van der Waals surface area contributed by atoms with Gasteiger partial charge in [0.05, 0.1) is 0 Å². The van der Waals surface area contributed by atoms with Gasteiger partial charge in [-0.25, -0.2) is 0 Å². The molecule has 0 aromatic rings. The third kappa shape index (κ3) is 60.3. The van der Waals surface area contributed by atoms with Gasteiger partial charge in [0.25, 0.3) is 0 Å². The van der Waals surface area contributed by atoms with Crippen molar-refractivity contribution in [3.05, 3.63) is 134 Å². The molecule has 424 valence electrons. The van der Waals surface area contributed by atoms with E-state index in [-0.39, 0.29) is 37.5 Å². The van der Waals surface area contributed by atoms with Gasteiger partial charge in [0.2, 0.25) is 0 Å². The van der Waals surface area contributed by atoms with E-state index in [1.54, 1.807) is 0 Å². The zero-order chi connectivity index (χ0) is 54.3. The van der Waals surface area contributed by atoms with Crippen LogP contribution in [0.3, 0.4) is 0 Å². The maximum absolute atomic E-state index is 12.9. The lowest BCUT2D eigenvalue weighted by atomic mass is 10.1. The predicted molar refractivity (Wildman–Crippen MR) is 325 cm³/mol. The van der Waals surface area contributed by atoms with E-state index in [2.05, 4.69) is 148 Å². The molecule has 6 nitrogen and oxygen atoms in total. The van der Waals surface area contributed by atoms with Gasteiger partial charge < -0.3 is 14.2 Å². The van der Waals surface area contributed by atoms with Crippen LogP contribution in [-0.2, 0) is 28.6 Å². The normalized spacial score (nSPS) is 13.1. The Morgan fingerprint density at radius 2 is 0.547 bits per heavy atom. The Balaban J connectivity index is 4.54. The number of allylic oxidation sites excluding steroid dienone is 22. The number of hydrogen-bond donors (Lipinski definition) is 0. The fourth-order valence-corrected chi connectivity index (χ4v) is 8.03. The minimum Gasteiger partial charge on any atom is -0.462 e. The van der Waals surface area contributed by atoms with Crippen molar-refractivity contribution >= 4 is 17.9 Å². The molecule has 0 aliphatic rings. The third-order valence-corrected chi connectivity index (χ3v) is 12.6. The molecule has 0 aromatic carbocycles. The van der Waals surface area contributed by atoms with E-state index >= 15 is 0 Å². The summed E-state index contributed by atoms with van der Waals surface area (Å²) in [5.74, 6) is -1.02. The Bertz CT molecular complexity index is 1620. The van der Waals surface area contributed by atoms with Crippen molar-refractivity contribution in [2.24, 2.45) is 0 Å². The van der Waals surface area contributed by atoms with Crippen molar-refractivity contribution in [1.82, 2.24) is 0 Å². The second-order valence-corrected chi connectivity index (χ2v) is 19.9. The molecule has 0 bridgehead atoms. The number of carbonyl (C=O) groups excluding carboxylic acids is 3. The molecule has 0 N–H and O–H groups in total. The van der Waals surface area contributed by atoms with E-state index < -0.39 is 6.10 Å². The highest BCUT2D eigenvalue weighted by molar-refractivity contribution is 5.71. The zero-order valence-electron chi connectivity index (χ0n) is 48.5. The first kappa shape index (κ1) is 70.5. The number of esters is 3. The van der Waals surface area contributed by atoms with Crippen LogP contribution in [0.1, 0.15) is 265 Å². The van der Waals surface area contributed by atoms with Crippen LogP contribution in [0, 0.1) is 0 Å². The third-order valence-electron chi connectivity index (χ3n) is 12.6. The molecule has 1 atom stereocenters. The van der Waals surface area contributed by atoms with E-state index in [4.69, 9.17) is 14.2 Å². The molecule has 0 spiro atoms. The number of unbranched alkanes of at least 4 members (excludes halogenated alkanes) is 21. The highest BCUT2D eigenvalue weighted by Crippen LogP contribution is 2.14. The van der Waals surface area contributed by atoms with E-state index in [0.29, 0.717) is 19.3 Å². The molecule has 0 heterocycles. The van der Waals surface area contributed by atoms with Crippen LogP contribution < -0.4 is 0 Å². The molecule has 0 fully saturated rings. The average Bonchev–Trinajstić information content (AvgIpc) is 3.41. The average molecular weight is 1040 g/mol. The first-order chi connectivity index (χ1) is 37.0. The Hall–Kier alpha value is -4.45. The van der Waals surface area contributed by atoms with E-state index in [1.165, 1.54) is 109 Å². The molecule has 0 amide bonds. The van der Waals surface area contributed by atoms with Gasteiger partial charge in [-0.1, -0.05) is 251 Å². The van der Waals surface area contributed by atoms with Crippen LogP contribution in [0.4, 0.5) is 0 Å². The molecule has 0 saturated heterocycles. The summed E-state index contributed by atoms with van der Waals surface area (Å²) >= 11 is 0. The molecule has 0 aliphatic heterocycles. The van der Waals surface area contributed by atoms with Crippen molar-refractivity contribution in [3.63, 3.8) is 0 Å². The minimum absolute atomic E-state index is 0.113. The van der Waals surface area contributed by atoms with E-state index in [0.717, 1.165) is 109 Å². The molecule has 0 rings (SSSR count). The largest absolute Gasteiger partial charge is 0.462 e. The Morgan fingerprint density at radius 3 is 0.893 bits per heavy atom. The first-order valence-electron chi connectivity index (χ1n) is 30.7. The van der Waals surface area contributed by atoms with Gasteiger partial charge in [0.1, 0.15) is 13.2 Å². The zero-order valence-corrected chi connectivity index (χ0v) is 48.5. The fraction of sp³-hybridized carbons (Fsp3) is 0.638. The van der Waals surface area contributed by atoms with Gasteiger partial charge in [0, 0.05) is 19.3 Å². The Labute approximate surface area is 462 Å². The number of ether oxygens (including phenoxy) is 3. The lowest BCUT2D eigenvalue weighted by Gasteiger charge is -2.18. The topological polar surface area (TPSA) is 78.9 Å². The molecule has 0 aliphatic carbocycles. The molecule has 0 radical (unpaired) electrons. The quantitative estimate of drug-likeness (QED) is 0.0261. The summed E-state index contributed by atoms with van der Waals surface area (Å²) in [6.07, 6.45) is 87.4. The maximum Gasteiger partial charge on any atom is 0.306 e. The second-order valence-electron chi connectivity index (χ2n) is 19.9. The lowest BCUT2D eigenvalue weighted by molar-refractivity contribution is -0.166. The SMILES string of the molecule is CC/C=C\C/C=C\C/C=C\C/C=C\C/C=C\C/C=C\CCC(=O)OCC(COC(=O)CCCCCCCCCCC/C=C\C/C=C\CCCCC)OC(=O)CCCCCCCC/C=C\C/C=C\C/C=C\CCCCC.